The van der Waals surface area contributed by atoms with Crippen molar-refractivity contribution in [3.63, 3.8) is 0 Å². The number of benzene rings is 3. The summed E-state index contributed by atoms with van der Waals surface area (Å²) >= 11 is 0. The summed E-state index contributed by atoms with van der Waals surface area (Å²) in [5, 5.41) is 14.8. The van der Waals surface area contributed by atoms with Crippen LogP contribution in [0.4, 0.5) is 10.5 Å². The molecule has 0 radical (unpaired) electrons. The predicted molar refractivity (Wildman–Crippen MR) is 134 cm³/mol. The summed E-state index contributed by atoms with van der Waals surface area (Å²) in [6.07, 6.45) is -0.600. The van der Waals surface area contributed by atoms with E-state index in [0.29, 0.717) is 11.3 Å². The number of carbonyl (C=O) groups is 3. The van der Waals surface area contributed by atoms with Crippen molar-refractivity contribution in [1.29, 1.82) is 0 Å². The van der Waals surface area contributed by atoms with E-state index in [2.05, 4.69) is 34.9 Å². The number of amides is 2. The molecule has 4 rings (SSSR count). The smallest absolute Gasteiger partial charge is 0.407 e. The van der Waals surface area contributed by atoms with Gasteiger partial charge in [0, 0.05) is 18.2 Å². The molecule has 0 heterocycles. The van der Waals surface area contributed by atoms with Crippen molar-refractivity contribution in [2.45, 2.75) is 26.7 Å². The molecule has 0 spiro atoms. The average Bonchev–Trinajstić information content (AvgIpc) is 3.16. The number of carboxylic acids is 1. The largest absolute Gasteiger partial charge is 0.478 e. The summed E-state index contributed by atoms with van der Waals surface area (Å²) in [4.78, 5) is 36.7. The van der Waals surface area contributed by atoms with Gasteiger partial charge in [0.15, 0.2) is 0 Å². The first kappa shape index (κ1) is 24.0. The van der Waals surface area contributed by atoms with Crippen LogP contribution in [-0.2, 0) is 9.53 Å². The van der Waals surface area contributed by atoms with Crippen LogP contribution in [0.2, 0.25) is 0 Å². The first-order valence-electron chi connectivity index (χ1n) is 11.4. The van der Waals surface area contributed by atoms with Gasteiger partial charge in [0.05, 0.1) is 11.0 Å². The van der Waals surface area contributed by atoms with Gasteiger partial charge in [-0.1, -0.05) is 54.6 Å². The lowest BCUT2D eigenvalue weighted by Gasteiger charge is -2.24. The van der Waals surface area contributed by atoms with Crippen LogP contribution in [0.15, 0.2) is 66.7 Å². The van der Waals surface area contributed by atoms with Gasteiger partial charge in [0.1, 0.15) is 6.61 Å². The maximum atomic E-state index is 12.9. The average molecular weight is 473 g/mol. The molecular weight excluding hydrogens is 444 g/mol. The van der Waals surface area contributed by atoms with Crippen LogP contribution in [-0.4, -0.2) is 36.2 Å². The van der Waals surface area contributed by atoms with Crippen molar-refractivity contribution < 1.29 is 24.2 Å². The van der Waals surface area contributed by atoms with E-state index >= 15 is 0 Å². The summed E-state index contributed by atoms with van der Waals surface area (Å²) in [5.74, 6) is -1.45. The molecule has 0 aromatic heterocycles. The van der Waals surface area contributed by atoms with E-state index in [1.807, 2.05) is 24.3 Å². The van der Waals surface area contributed by atoms with E-state index in [1.165, 1.54) is 6.07 Å². The second kappa shape index (κ2) is 9.62. The molecule has 0 aliphatic heterocycles. The van der Waals surface area contributed by atoms with E-state index in [0.717, 1.165) is 22.3 Å². The number of carbonyl (C=O) groups excluding carboxylic acids is 2. The second-order valence-electron chi connectivity index (χ2n) is 9.30. The minimum atomic E-state index is -1.06. The molecule has 3 aromatic carbocycles. The Kier molecular flexibility index (Phi) is 6.60. The Hall–Kier alpha value is -4.13. The summed E-state index contributed by atoms with van der Waals surface area (Å²) in [6, 6.07) is 20.9. The maximum Gasteiger partial charge on any atom is 0.407 e. The zero-order chi connectivity index (χ0) is 25.2. The predicted octanol–water partition coefficient (Wildman–Crippen LogP) is 5.20. The van der Waals surface area contributed by atoms with E-state index in [4.69, 9.17) is 4.74 Å². The molecular formula is C28H28N2O5. The number of nitrogens with one attached hydrogen (secondary N) is 2. The number of alkyl carbamates (subject to hydrolysis) is 1. The minimum absolute atomic E-state index is 0.0473. The molecule has 35 heavy (non-hydrogen) atoms. The zero-order valence-corrected chi connectivity index (χ0v) is 19.9. The fourth-order valence-corrected chi connectivity index (χ4v) is 4.32. The molecule has 0 saturated carbocycles. The lowest BCUT2D eigenvalue weighted by atomic mass is 9.92. The third kappa shape index (κ3) is 4.89. The molecule has 7 heteroatoms. The number of carboxylic acid groups (broad SMARTS) is 1. The highest BCUT2D eigenvalue weighted by Crippen LogP contribution is 2.44. The molecule has 0 unspecified atom stereocenters. The number of anilines is 1. The highest BCUT2D eigenvalue weighted by Gasteiger charge is 2.31. The Morgan fingerprint density at radius 1 is 0.914 bits per heavy atom. The first-order valence-corrected chi connectivity index (χ1v) is 11.4. The third-order valence-electron chi connectivity index (χ3n) is 6.45. The number of fused-ring (bicyclic) bond motifs is 3. The molecule has 1 aliphatic carbocycles. The molecule has 0 fully saturated rings. The van der Waals surface area contributed by atoms with Gasteiger partial charge in [-0.2, -0.15) is 0 Å². The second-order valence-corrected chi connectivity index (χ2v) is 9.30. The van der Waals surface area contributed by atoms with Gasteiger partial charge in [0.2, 0.25) is 5.91 Å². The SMILES string of the molecule is Cc1c(NC(=O)C(C)(C)CNC(=O)OCC2c3ccccc3-c3ccccc32)cccc1C(=O)O. The van der Waals surface area contributed by atoms with Crippen molar-refractivity contribution in [3.05, 3.63) is 89.0 Å². The van der Waals surface area contributed by atoms with Crippen LogP contribution in [0, 0.1) is 12.3 Å². The molecule has 0 saturated heterocycles. The first-order chi connectivity index (χ1) is 16.7. The van der Waals surface area contributed by atoms with Crippen LogP contribution in [0.25, 0.3) is 11.1 Å². The number of hydrogen-bond acceptors (Lipinski definition) is 4. The Bertz CT molecular complexity index is 1250. The molecule has 7 nitrogen and oxygen atoms in total. The number of rotatable bonds is 7. The Morgan fingerprint density at radius 3 is 2.11 bits per heavy atom. The van der Waals surface area contributed by atoms with Crippen LogP contribution < -0.4 is 10.6 Å². The van der Waals surface area contributed by atoms with Crippen molar-refractivity contribution >= 4 is 23.7 Å². The van der Waals surface area contributed by atoms with Crippen LogP contribution >= 0.6 is 0 Å². The molecule has 3 aromatic rings. The fourth-order valence-electron chi connectivity index (χ4n) is 4.32. The van der Waals surface area contributed by atoms with Crippen molar-refractivity contribution in [3.8, 4) is 11.1 Å². The van der Waals surface area contributed by atoms with Gasteiger partial charge < -0.3 is 20.5 Å². The summed E-state index contributed by atoms with van der Waals surface area (Å²) in [6.45, 7) is 5.27. The number of aromatic carboxylic acids is 1. The fraction of sp³-hybridized carbons (Fsp3) is 0.250. The topological polar surface area (TPSA) is 105 Å². The Morgan fingerprint density at radius 2 is 1.51 bits per heavy atom. The molecule has 180 valence electrons. The van der Waals surface area contributed by atoms with Gasteiger partial charge in [0.25, 0.3) is 0 Å². The molecule has 1 aliphatic rings. The normalized spacial score (nSPS) is 12.4. The van der Waals surface area contributed by atoms with Gasteiger partial charge >= 0.3 is 12.1 Å². The maximum absolute atomic E-state index is 12.9. The zero-order valence-electron chi connectivity index (χ0n) is 19.9. The highest BCUT2D eigenvalue weighted by atomic mass is 16.5. The Labute approximate surface area is 204 Å². The lowest BCUT2D eigenvalue weighted by molar-refractivity contribution is -0.123. The lowest BCUT2D eigenvalue weighted by Crippen LogP contribution is -2.42. The molecule has 3 N–H and O–H groups in total. The van der Waals surface area contributed by atoms with Crippen molar-refractivity contribution in [1.82, 2.24) is 5.32 Å². The van der Waals surface area contributed by atoms with Crippen LogP contribution in [0.1, 0.15) is 46.8 Å². The Balaban J connectivity index is 1.35. The minimum Gasteiger partial charge on any atom is -0.478 e. The highest BCUT2D eigenvalue weighted by molar-refractivity contribution is 5.98. The van der Waals surface area contributed by atoms with Gasteiger partial charge in [-0.05, 0) is 60.7 Å². The van der Waals surface area contributed by atoms with E-state index in [1.54, 1.807) is 32.9 Å². The molecule has 0 atom stereocenters. The van der Waals surface area contributed by atoms with E-state index in [9.17, 15) is 19.5 Å². The summed E-state index contributed by atoms with van der Waals surface area (Å²) < 4.78 is 5.55. The standard InChI is InChI=1S/C28H28N2O5/c1-17-18(25(31)32)13-8-14-24(17)30-26(33)28(2,3)16-29-27(34)35-15-23-21-11-6-4-9-19(21)20-10-5-7-12-22(20)23/h4-14,23H,15-16H2,1-3H3,(H,29,34)(H,30,33)(H,31,32). The van der Waals surface area contributed by atoms with E-state index < -0.39 is 17.5 Å². The summed E-state index contributed by atoms with van der Waals surface area (Å²) in [5.41, 5.74) is 4.60. The summed E-state index contributed by atoms with van der Waals surface area (Å²) in [7, 11) is 0. The van der Waals surface area contributed by atoms with Gasteiger partial charge in [-0.3, -0.25) is 4.79 Å². The van der Waals surface area contributed by atoms with Gasteiger partial charge in [-0.15, -0.1) is 0 Å². The number of ether oxygens (including phenoxy) is 1. The number of hydrogen-bond donors (Lipinski definition) is 3. The monoisotopic (exact) mass is 472 g/mol. The van der Waals surface area contributed by atoms with Crippen LogP contribution in [0.3, 0.4) is 0 Å². The van der Waals surface area contributed by atoms with Crippen LogP contribution in [0.5, 0.6) is 0 Å². The molecule has 0 bridgehead atoms. The van der Waals surface area contributed by atoms with Gasteiger partial charge in [-0.25, -0.2) is 9.59 Å². The molecule has 2 amide bonds. The third-order valence-corrected chi connectivity index (χ3v) is 6.45. The van der Waals surface area contributed by atoms with E-state index in [-0.39, 0.29) is 30.5 Å². The van der Waals surface area contributed by atoms with Crippen molar-refractivity contribution in [2.75, 3.05) is 18.5 Å². The quantitative estimate of drug-likeness (QED) is 0.439. The van der Waals surface area contributed by atoms with Crippen molar-refractivity contribution in [2.24, 2.45) is 5.41 Å².